The van der Waals surface area contributed by atoms with Gasteiger partial charge in [0.25, 0.3) is 0 Å². The van der Waals surface area contributed by atoms with Gasteiger partial charge in [-0.2, -0.15) is 4.73 Å². The van der Waals surface area contributed by atoms with Gasteiger partial charge in [0.2, 0.25) is 5.65 Å². The van der Waals surface area contributed by atoms with Crippen molar-refractivity contribution >= 4 is 24.6 Å². The van der Waals surface area contributed by atoms with Gasteiger partial charge in [-0.3, -0.25) is 4.57 Å². The lowest BCUT2D eigenvalue weighted by atomic mass is 10.4. The fraction of sp³-hybridized carbons (Fsp3) is 0.444. The molecule has 0 unspecified atom stereocenters. The Hall–Kier alpha value is -1.78. The number of aliphatic hydroxyl groups is 1. The summed E-state index contributed by atoms with van der Waals surface area (Å²) in [6.45, 7) is -0.629. The highest BCUT2D eigenvalue weighted by Gasteiger charge is 2.18. The predicted octanol–water partition coefficient (Wildman–Crippen LogP) is -1.65. The van der Waals surface area contributed by atoms with Gasteiger partial charge in [0.15, 0.2) is 11.3 Å². The molecular formula is C9H14N5O6P. The number of aliphatic hydroxyl groups excluding tert-OH is 1. The quantitative estimate of drug-likeness (QED) is 0.434. The molecule has 12 heteroatoms. The van der Waals surface area contributed by atoms with Gasteiger partial charge in [-0.1, -0.05) is 0 Å². The number of hydrogen-bond donors (Lipinski definition) is 4. The van der Waals surface area contributed by atoms with Gasteiger partial charge < -0.3 is 30.2 Å². The van der Waals surface area contributed by atoms with Crippen LogP contribution in [0.1, 0.15) is 0 Å². The largest absolute Gasteiger partial charge is 0.408 e. The summed E-state index contributed by atoms with van der Waals surface area (Å²) < 4.78 is 16.8. The zero-order chi connectivity index (χ0) is 15.5. The van der Waals surface area contributed by atoms with Gasteiger partial charge in [0.1, 0.15) is 31.7 Å². The average molecular weight is 319 g/mol. The SMILES string of the molecule is Nc1ncnc2c1ncn2OC[C@@H](CO)OCP(=O)(O)O. The molecule has 1 atom stereocenters. The summed E-state index contributed by atoms with van der Waals surface area (Å²) in [5.41, 5.74) is 6.30. The standard InChI is InChI=1S/C9H14N5O6P/c10-8-7-9(12-3-11-8)14(4-13-7)20-2-6(1-15)19-5-21(16,17)18/h3-4,6,15H,1-2,5H2,(H2,10,11,12)(H2,16,17,18)/t6-/m1/s1. The lowest BCUT2D eigenvalue weighted by Crippen LogP contribution is -2.29. The summed E-state index contributed by atoms with van der Waals surface area (Å²) in [7, 11) is -4.31. The van der Waals surface area contributed by atoms with Gasteiger partial charge in [-0.15, -0.1) is 0 Å². The van der Waals surface area contributed by atoms with Crippen molar-refractivity contribution < 1.29 is 29.0 Å². The monoisotopic (exact) mass is 319 g/mol. The van der Waals surface area contributed by atoms with Crippen molar-refractivity contribution in [2.24, 2.45) is 0 Å². The maximum Gasteiger partial charge on any atom is 0.350 e. The van der Waals surface area contributed by atoms with E-state index in [1.165, 1.54) is 17.4 Å². The van der Waals surface area contributed by atoms with E-state index in [-0.39, 0.29) is 12.4 Å². The molecule has 0 fully saturated rings. The van der Waals surface area contributed by atoms with Crippen LogP contribution in [0.15, 0.2) is 12.7 Å². The van der Waals surface area contributed by atoms with E-state index in [9.17, 15) is 4.57 Å². The highest BCUT2D eigenvalue weighted by molar-refractivity contribution is 7.51. The van der Waals surface area contributed by atoms with Crippen LogP contribution in [-0.4, -0.2) is 60.2 Å². The summed E-state index contributed by atoms with van der Waals surface area (Å²) in [5.74, 6) is 0.193. The number of fused-ring (bicyclic) bond motifs is 1. The molecule has 2 aromatic rings. The van der Waals surface area contributed by atoms with Crippen LogP contribution in [0, 0.1) is 0 Å². The molecule has 0 aromatic carbocycles. The molecule has 0 amide bonds. The van der Waals surface area contributed by atoms with Crippen LogP contribution < -0.4 is 10.6 Å². The number of aromatic nitrogens is 4. The van der Waals surface area contributed by atoms with Crippen molar-refractivity contribution in [3.63, 3.8) is 0 Å². The Morgan fingerprint density at radius 1 is 1.38 bits per heavy atom. The van der Waals surface area contributed by atoms with E-state index < -0.39 is 26.7 Å². The zero-order valence-electron chi connectivity index (χ0n) is 10.7. The van der Waals surface area contributed by atoms with Crippen molar-refractivity contribution in [3.05, 3.63) is 12.7 Å². The van der Waals surface area contributed by atoms with Crippen molar-refractivity contribution in [3.8, 4) is 0 Å². The topological polar surface area (TPSA) is 166 Å². The third kappa shape index (κ3) is 4.09. The van der Waals surface area contributed by atoms with Gasteiger partial charge in [-0.25, -0.2) is 15.0 Å². The molecule has 116 valence electrons. The molecular weight excluding hydrogens is 305 g/mol. The molecule has 0 aliphatic rings. The number of rotatable bonds is 7. The fourth-order valence-corrected chi connectivity index (χ4v) is 1.85. The number of nitrogens with zero attached hydrogens (tertiary/aromatic N) is 4. The third-order valence-electron chi connectivity index (χ3n) is 2.41. The normalized spacial score (nSPS) is 13.5. The second-order valence-corrected chi connectivity index (χ2v) is 5.65. The first-order valence-corrected chi connectivity index (χ1v) is 7.54. The smallest absolute Gasteiger partial charge is 0.350 e. The molecule has 2 heterocycles. The molecule has 2 aromatic heterocycles. The van der Waals surface area contributed by atoms with Crippen LogP contribution in [0.5, 0.6) is 0 Å². The van der Waals surface area contributed by atoms with Crippen LogP contribution in [0.4, 0.5) is 5.82 Å². The molecule has 0 aliphatic heterocycles. The lowest BCUT2D eigenvalue weighted by molar-refractivity contribution is -0.0327. The third-order valence-corrected chi connectivity index (χ3v) is 2.90. The van der Waals surface area contributed by atoms with E-state index in [2.05, 4.69) is 15.0 Å². The second kappa shape index (κ2) is 6.33. The number of nitrogens with two attached hydrogens (primary N) is 1. The zero-order valence-corrected chi connectivity index (χ0v) is 11.6. The van der Waals surface area contributed by atoms with Crippen molar-refractivity contribution in [1.29, 1.82) is 0 Å². The van der Waals surface area contributed by atoms with Gasteiger partial charge in [0, 0.05) is 0 Å². The van der Waals surface area contributed by atoms with Crippen LogP contribution in [-0.2, 0) is 9.30 Å². The van der Waals surface area contributed by atoms with Crippen LogP contribution in [0.2, 0.25) is 0 Å². The van der Waals surface area contributed by atoms with E-state index in [1.54, 1.807) is 0 Å². The molecule has 0 radical (unpaired) electrons. The molecule has 0 saturated heterocycles. The van der Waals surface area contributed by atoms with Gasteiger partial charge in [-0.05, 0) is 0 Å². The molecule has 5 N–H and O–H groups in total. The molecule has 0 bridgehead atoms. The summed E-state index contributed by atoms with van der Waals surface area (Å²) in [4.78, 5) is 34.4. The Labute approximate surface area is 118 Å². The van der Waals surface area contributed by atoms with E-state index in [0.717, 1.165) is 0 Å². The number of hydrogen-bond acceptors (Lipinski definition) is 8. The maximum atomic E-state index is 10.7. The first-order valence-electron chi connectivity index (χ1n) is 5.74. The van der Waals surface area contributed by atoms with Crippen LogP contribution >= 0.6 is 7.60 Å². The Balaban J connectivity index is 2.00. The Morgan fingerprint density at radius 2 is 2.14 bits per heavy atom. The first kappa shape index (κ1) is 15.6. The Kier molecular flexibility index (Phi) is 4.70. The van der Waals surface area contributed by atoms with Gasteiger partial charge in [0.05, 0.1) is 6.61 Å². The summed E-state index contributed by atoms with van der Waals surface area (Å²) in [6, 6.07) is 0. The van der Waals surface area contributed by atoms with Crippen molar-refractivity contribution in [2.45, 2.75) is 6.10 Å². The van der Waals surface area contributed by atoms with E-state index >= 15 is 0 Å². The van der Waals surface area contributed by atoms with Crippen LogP contribution in [0.3, 0.4) is 0 Å². The summed E-state index contributed by atoms with van der Waals surface area (Å²) in [6.07, 6.45) is 0.843. The lowest BCUT2D eigenvalue weighted by Gasteiger charge is -2.16. The van der Waals surface area contributed by atoms with Crippen molar-refractivity contribution in [1.82, 2.24) is 19.7 Å². The molecule has 0 aliphatic carbocycles. The van der Waals surface area contributed by atoms with E-state index in [1.807, 2.05) is 0 Å². The summed E-state index contributed by atoms with van der Waals surface area (Å²) >= 11 is 0. The molecule has 11 nitrogen and oxygen atoms in total. The van der Waals surface area contributed by atoms with E-state index in [4.69, 9.17) is 30.2 Å². The highest BCUT2D eigenvalue weighted by atomic mass is 31.2. The predicted molar refractivity (Wildman–Crippen MR) is 70.1 cm³/mol. The Morgan fingerprint density at radius 3 is 2.81 bits per heavy atom. The van der Waals surface area contributed by atoms with Crippen molar-refractivity contribution in [2.75, 3.05) is 25.3 Å². The maximum absolute atomic E-state index is 10.7. The number of ether oxygens (including phenoxy) is 1. The first-order chi connectivity index (χ1) is 9.90. The minimum absolute atomic E-state index is 0.161. The fourth-order valence-electron chi connectivity index (χ4n) is 1.45. The highest BCUT2D eigenvalue weighted by Crippen LogP contribution is 2.34. The Bertz CT molecular complexity index is 657. The molecule has 0 spiro atoms. The summed E-state index contributed by atoms with van der Waals surface area (Å²) in [5, 5.41) is 9.08. The van der Waals surface area contributed by atoms with E-state index in [0.29, 0.717) is 11.2 Å². The molecule has 2 rings (SSSR count). The van der Waals surface area contributed by atoms with Gasteiger partial charge >= 0.3 is 7.60 Å². The molecule has 0 saturated carbocycles. The minimum Gasteiger partial charge on any atom is -0.408 e. The van der Waals surface area contributed by atoms with Crippen LogP contribution in [0.25, 0.3) is 11.2 Å². The number of nitrogen functional groups attached to an aromatic ring is 1. The average Bonchev–Trinajstić information content (AvgIpc) is 2.83. The second-order valence-electron chi connectivity index (χ2n) is 4.06. The minimum atomic E-state index is -4.31. The number of anilines is 1. The molecule has 21 heavy (non-hydrogen) atoms. The number of imidazole rings is 1.